The molecule has 9 nitrogen and oxygen atoms in total. The van der Waals surface area contributed by atoms with E-state index in [9.17, 15) is 18.0 Å². The number of ether oxygens (including phenoxy) is 1. The number of nitrogens with zero attached hydrogens (tertiary/aromatic N) is 3. The second-order valence-electron chi connectivity index (χ2n) is 7.29. The molecule has 0 radical (unpaired) electrons. The number of nitrogens with one attached hydrogen (secondary N) is 1. The predicted octanol–water partition coefficient (Wildman–Crippen LogP) is 1.65. The third kappa shape index (κ3) is 3.70. The van der Waals surface area contributed by atoms with Gasteiger partial charge in [-0.2, -0.15) is 0 Å². The summed E-state index contributed by atoms with van der Waals surface area (Å²) in [5, 5.41) is 2.64. The van der Waals surface area contributed by atoms with Crippen molar-refractivity contribution in [1.29, 1.82) is 0 Å². The van der Waals surface area contributed by atoms with Gasteiger partial charge in [-0.1, -0.05) is 30.3 Å². The Morgan fingerprint density at radius 2 is 1.74 bits per heavy atom. The molecule has 0 unspecified atom stereocenters. The molecule has 0 saturated heterocycles. The third-order valence-electron chi connectivity index (χ3n) is 5.23. The Morgan fingerprint density at radius 1 is 1.10 bits per heavy atom. The van der Waals surface area contributed by atoms with E-state index in [-0.39, 0.29) is 18.0 Å². The first kappa shape index (κ1) is 20.7. The number of aromatic nitrogens is 2. The fraction of sp³-hybridized carbons (Fsp3) is 0.238. The number of para-hydroxylation sites is 3. The van der Waals surface area contributed by atoms with E-state index < -0.39 is 27.6 Å². The highest BCUT2D eigenvalue weighted by Crippen LogP contribution is 2.34. The molecule has 4 rings (SSSR count). The Kier molecular flexibility index (Phi) is 5.10. The summed E-state index contributed by atoms with van der Waals surface area (Å²) in [5.74, 6) is -0.319. The molecule has 2 heterocycles. The molecule has 0 saturated carbocycles. The van der Waals surface area contributed by atoms with Gasteiger partial charge in [0.15, 0.2) is 6.10 Å². The van der Waals surface area contributed by atoms with Crippen molar-refractivity contribution in [1.82, 2.24) is 9.36 Å². The summed E-state index contributed by atoms with van der Waals surface area (Å²) in [7, 11) is -1.91. The van der Waals surface area contributed by atoms with Crippen molar-refractivity contribution in [3.63, 3.8) is 0 Å². The van der Waals surface area contributed by atoms with Crippen LogP contribution in [0.25, 0.3) is 5.69 Å². The van der Waals surface area contributed by atoms with E-state index in [1.54, 1.807) is 55.1 Å². The Bertz CT molecular complexity index is 1310. The van der Waals surface area contributed by atoms with Gasteiger partial charge in [0.2, 0.25) is 10.0 Å². The van der Waals surface area contributed by atoms with Gasteiger partial charge in [0.25, 0.3) is 11.5 Å². The maximum Gasteiger partial charge on any atom is 0.295 e. The van der Waals surface area contributed by atoms with Crippen molar-refractivity contribution in [2.45, 2.75) is 13.0 Å². The highest BCUT2D eigenvalue weighted by atomic mass is 32.2. The van der Waals surface area contributed by atoms with Crippen molar-refractivity contribution in [3.8, 4) is 11.4 Å². The second-order valence-corrected chi connectivity index (χ2v) is 9.20. The molecule has 1 amide bonds. The maximum absolute atomic E-state index is 13.0. The maximum atomic E-state index is 13.0. The molecule has 1 aromatic heterocycles. The fourth-order valence-corrected chi connectivity index (χ4v) is 4.48. The number of benzene rings is 2. The summed E-state index contributed by atoms with van der Waals surface area (Å²) in [4.78, 5) is 26.0. The Labute approximate surface area is 179 Å². The number of rotatable bonds is 4. The van der Waals surface area contributed by atoms with Gasteiger partial charge in [-0.3, -0.25) is 18.6 Å². The number of amides is 1. The predicted molar refractivity (Wildman–Crippen MR) is 117 cm³/mol. The van der Waals surface area contributed by atoms with Crippen LogP contribution in [0.15, 0.2) is 59.4 Å². The lowest BCUT2D eigenvalue weighted by Gasteiger charge is -2.33. The van der Waals surface area contributed by atoms with Crippen LogP contribution in [0, 0.1) is 6.92 Å². The van der Waals surface area contributed by atoms with E-state index in [0.717, 1.165) is 10.6 Å². The van der Waals surface area contributed by atoms with Crippen LogP contribution in [-0.2, 0) is 21.9 Å². The first-order chi connectivity index (χ1) is 14.7. The van der Waals surface area contributed by atoms with Crippen LogP contribution in [-0.4, -0.2) is 42.6 Å². The molecule has 0 aliphatic carbocycles. The van der Waals surface area contributed by atoms with Crippen LogP contribution in [0.2, 0.25) is 0 Å². The van der Waals surface area contributed by atoms with Crippen LogP contribution in [0.4, 0.5) is 11.4 Å². The largest absolute Gasteiger partial charge is 0.476 e. The van der Waals surface area contributed by atoms with Crippen LogP contribution >= 0.6 is 0 Å². The lowest BCUT2D eigenvalue weighted by atomic mass is 10.2. The molecule has 1 atom stereocenters. The minimum absolute atomic E-state index is 0.115. The van der Waals surface area contributed by atoms with Crippen LogP contribution in [0.3, 0.4) is 0 Å². The van der Waals surface area contributed by atoms with E-state index in [2.05, 4.69) is 5.32 Å². The van der Waals surface area contributed by atoms with Crippen LogP contribution in [0.5, 0.6) is 5.75 Å². The lowest BCUT2D eigenvalue weighted by Crippen LogP contribution is -2.48. The Morgan fingerprint density at radius 3 is 2.42 bits per heavy atom. The van der Waals surface area contributed by atoms with E-state index in [1.807, 2.05) is 18.2 Å². The van der Waals surface area contributed by atoms with E-state index in [4.69, 9.17) is 4.74 Å². The van der Waals surface area contributed by atoms with Gasteiger partial charge in [-0.05, 0) is 31.2 Å². The normalized spacial score (nSPS) is 15.8. The summed E-state index contributed by atoms with van der Waals surface area (Å²) < 4.78 is 34.5. The highest BCUT2D eigenvalue weighted by molar-refractivity contribution is 7.92. The van der Waals surface area contributed by atoms with Crippen molar-refractivity contribution in [3.05, 3.63) is 70.6 Å². The number of anilines is 2. The van der Waals surface area contributed by atoms with Gasteiger partial charge in [0, 0.05) is 7.05 Å². The SMILES string of the molecule is Cc1c(NC(=O)[C@@H]2CN(S(C)(=O)=O)c3ccccc3O2)c(=O)n(-c2ccccc2)n1C. The molecular weight excluding hydrogens is 420 g/mol. The molecule has 0 spiro atoms. The molecule has 0 bridgehead atoms. The number of carbonyl (C=O) groups excluding carboxylic acids is 1. The lowest BCUT2D eigenvalue weighted by molar-refractivity contribution is -0.122. The topological polar surface area (TPSA) is 103 Å². The van der Waals surface area contributed by atoms with Crippen LogP contribution in [0.1, 0.15) is 5.69 Å². The minimum Gasteiger partial charge on any atom is -0.476 e. The number of carbonyl (C=O) groups is 1. The second kappa shape index (κ2) is 7.62. The zero-order chi connectivity index (χ0) is 22.3. The number of fused-ring (bicyclic) bond motifs is 1. The number of hydrogen-bond acceptors (Lipinski definition) is 5. The van der Waals surface area contributed by atoms with Gasteiger partial charge in [-0.15, -0.1) is 0 Å². The molecule has 0 fully saturated rings. The third-order valence-corrected chi connectivity index (χ3v) is 6.38. The van der Waals surface area contributed by atoms with Gasteiger partial charge in [0.1, 0.15) is 11.4 Å². The summed E-state index contributed by atoms with van der Waals surface area (Å²) >= 11 is 0. The monoisotopic (exact) mass is 442 g/mol. The van der Waals surface area contributed by atoms with Gasteiger partial charge < -0.3 is 10.1 Å². The van der Waals surface area contributed by atoms with Crippen molar-refractivity contribution < 1.29 is 17.9 Å². The molecular formula is C21H22N4O5S. The zero-order valence-corrected chi connectivity index (χ0v) is 18.1. The van der Waals surface area contributed by atoms with Crippen LogP contribution < -0.4 is 19.9 Å². The number of hydrogen-bond donors (Lipinski definition) is 1. The van der Waals surface area contributed by atoms with E-state index in [0.29, 0.717) is 17.1 Å². The fourth-order valence-electron chi connectivity index (χ4n) is 3.57. The van der Waals surface area contributed by atoms with E-state index in [1.165, 1.54) is 4.68 Å². The van der Waals surface area contributed by atoms with E-state index >= 15 is 0 Å². The zero-order valence-electron chi connectivity index (χ0n) is 17.3. The average molecular weight is 442 g/mol. The first-order valence-corrected chi connectivity index (χ1v) is 11.4. The molecule has 31 heavy (non-hydrogen) atoms. The van der Waals surface area contributed by atoms with Crippen molar-refractivity contribution >= 4 is 27.3 Å². The summed E-state index contributed by atoms with van der Waals surface area (Å²) in [5.41, 5.74) is 1.31. The minimum atomic E-state index is -3.63. The Balaban J connectivity index is 1.66. The first-order valence-electron chi connectivity index (χ1n) is 9.57. The average Bonchev–Trinajstić information content (AvgIpc) is 2.96. The number of sulfonamides is 1. The molecule has 162 valence electrons. The molecule has 10 heteroatoms. The molecule has 2 aromatic carbocycles. The van der Waals surface area contributed by atoms with Gasteiger partial charge in [0.05, 0.1) is 29.9 Å². The van der Waals surface area contributed by atoms with Crippen molar-refractivity contribution in [2.24, 2.45) is 7.05 Å². The molecule has 1 aliphatic rings. The smallest absolute Gasteiger partial charge is 0.295 e. The molecule has 1 aliphatic heterocycles. The molecule has 3 aromatic rings. The van der Waals surface area contributed by atoms with Crippen molar-refractivity contribution in [2.75, 3.05) is 22.4 Å². The van der Waals surface area contributed by atoms with Gasteiger partial charge >= 0.3 is 0 Å². The summed E-state index contributed by atoms with van der Waals surface area (Å²) in [6.45, 7) is 1.52. The standard InChI is InChI=1S/C21H22N4O5S/c1-14-19(21(27)25(23(14)2)15-9-5-4-6-10-15)22-20(26)18-13-24(31(3,28)29)16-11-7-8-12-17(16)30-18/h4-12,18H,13H2,1-3H3,(H,22,26)/t18-/m0/s1. The molecule has 1 N–H and O–H groups in total. The highest BCUT2D eigenvalue weighted by Gasteiger charge is 2.35. The summed E-state index contributed by atoms with van der Waals surface area (Å²) in [6, 6.07) is 15.7. The Hall–Kier alpha value is -3.53. The summed E-state index contributed by atoms with van der Waals surface area (Å²) in [6.07, 6.45) is -0.0435. The quantitative estimate of drug-likeness (QED) is 0.662. The van der Waals surface area contributed by atoms with Gasteiger partial charge in [-0.25, -0.2) is 13.1 Å².